The van der Waals surface area contributed by atoms with Gasteiger partial charge in [0.1, 0.15) is 24.2 Å². The van der Waals surface area contributed by atoms with Gasteiger partial charge in [0.2, 0.25) is 29.5 Å². The number of aromatic amines is 2. The van der Waals surface area contributed by atoms with Crippen LogP contribution in [0.3, 0.4) is 0 Å². The van der Waals surface area contributed by atoms with Gasteiger partial charge < -0.3 is 48.4 Å². The number of hydrogen-bond acceptors (Lipinski definition) is 7. The summed E-state index contributed by atoms with van der Waals surface area (Å²) >= 11 is 0. The Hall–Kier alpha value is -6.19. The molecule has 0 fully saturated rings. The van der Waals surface area contributed by atoms with Crippen LogP contribution in [-0.4, -0.2) is 81.2 Å². The molecule has 0 aliphatic rings. The lowest BCUT2D eigenvalue weighted by atomic mass is 10.0. The first kappa shape index (κ1) is 44.5. The lowest BCUT2D eigenvalue weighted by molar-refractivity contribution is -0.134. The Morgan fingerprint density at radius 2 is 1.33 bits per heavy atom. The van der Waals surface area contributed by atoms with Crippen molar-refractivity contribution in [2.75, 3.05) is 6.54 Å². The zero-order valence-corrected chi connectivity index (χ0v) is 33.3. The quantitative estimate of drug-likeness (QED) is 0.0258. The Balaban J connectivity index is 1.51. The van der Waals surface area contributed by atoms with E-state index in [1.54, 1.807) is 12.4 Å². The van der Waals surface area contributed by atoms with E-state index < -0.39 is 47.8 Å². The number of carbonyl (C=O) groups is 5. The van der Waals surface area contributed by atoms with Crippen LogP contribution in [0.15, 0.2) is 78.3 Å². The number of guanidine groups is 1. The minimum absolute atomic E-state index is 0.0774. The van der Waals surface area contributed by atoms with Crippen molar-refractivity contribution in [3.63, 3.8) is 0 Å². The number of aromatic nitrogens is 3. The summed E-state index contributed by atoms with van der Waals surface area (Å²) in [7, 11) is 0. The predicted octanol–water partition coefficient (Wildman–Crippen LogP) is 2.54. The highest BCUT2D eigenvalue weighted by Gasteiger charge is 2.32. The number of rotatable bonds is 26. The molecule has 16 heteroatoms. The Labute approximate surface area is 339 Å². The number of fused-ring (bicyclic) bond motifs is 1. The number of nitrogens with zero attached hydrogens (tertiary/aromatic N) is 2. The van der Waals surface area contributed by atoms with E-state index in [1.807, 2.05) is 54.6 Å². The van der Waals surface area contributed by atoms with E-state index in [4.69, 9.17) is 17.2 Å². The van der Waals surface area contributed by atoms with Crippen molar-refractivity contribution in [1.29, 1.82) is 0 Å². The van der Waals surface area contributed by atoms with Crippen LogP contribution in [0.25, 0.3) is 10.9 Å². The number of hydrogen-bond donors (Lipinski definition) is 9. The molecule has 0 aliphatic carbocycles. The number of aliphatic imine (C=N–C) groups is 1. The van der Waals surface area contributed by atoms with Crippen molar-refractivity contribution in [3.8, 4) is 0 Å². The van der Waals surface area contributed by atoms with E-state index in [0.717, 1.165) is 47.7 Å². The molecule has 2 aromatic carbocycles. The standard InChI is InChI=1S/C42H59N11O5/c1-2-3-4-5-6-7-11-20-37(54)50-36(24-30-26-46-27-49-30)41(58)53-35(22-28-15-9-8-10-16-28)40(57)51-33(19-14-21-47-42(44)45)39(56)52-34(38(43)55)23-29-25-48-32-18-13-12-17-31(29)32/h8-10,12-13,15-18,25-27,33-36,48H,2-7,11,14,19-24H2,1H3,(H2,43,55)(H,46,49)(H,50,54)(H,51,57)(H,52,56)(H,53,58)(H4,44,45,47)/t33-,34-,35+,36-/m0/s1. The second-order valence-corrected chi connectivity index (χ2v) is 14.6. The highest BCUT2D eigenvalue weighted by atomic mass is 16.2. The van der Waals surface area contributed by atoms with Crippen LogP contribution in [0.2, 0.25) is 0 Å². The Morgan fingerprint density at radius 1 is 0.690 bits per heavy atom. The fourth-order valence-corrected chi connectivity index (χ4v) is 6.73. The number of carbonyl (C=O) groups excluding carboxylic acids is 5. The molecule has 2 heterocycles. The summed E-state index contributed by atoms with van der Waals surface area (Å²) in [6, 6.07) is 12.2. The van der Waals surface area contributed by atoms with Crippen molar-refractivity contribution in [2.45, 2.75) is 115 Å². The summed E-state index contributed by atoms with van der Waals surface area (Å²) in [6.45, 7) is 2.34. The molecular weight excluding hydrogens is 739 g/mol. The maximum Gasteiger partial charge on any atom is 0.243 e. The summed E-state index contributed by atoms with van der Waals surface area (Å²) in [5.41, 5.74) is 19.8. The number of imidazole rings is 1. The SMILES string of the molecule is CCCCCCCCCC(=O)N[C@@H](Cc1cnc[nH]1)C(=O)N[C@H](Cc1ccccc1)C(=O)N[C@@H](CCCN=C(N)N)C(=O)N[C@@H](Cc1c[nH]c2ccccc12)C(N)=O. The number of nitrogens with one attached hydrogen (secondary N) is 6. The van der Waals surface area contributed by atoms with Crippen molar-refractivity contribution in [2.24, 2.45) is 22.2 Å². The molecule has 58 heavy (non-hydrogen) atoms. The summed E-state index contributed by atoms with van der Waals surface area (Å²) in [4.78, 5) is 82.2. The van der Waals surface area contributed by atoms with E-state index in [9.17, 15) is 24.0 Å². The highest BCUT2D eigenvalue weighted by molar-refractivity contribution is 5.96. The molecular formula is C42H59N11O5. The van der Waals surface area contributed by atoms with Gasteiger partial charge in [-0.3, -0.25) is 29.0 Å². The van der Waals surface area contributed by atoms with Crippen molar-refractivity contribution in [3.05, 3.63) is 90.1 Å². The maximum atomic E-state index is 14.2. The molecule has 0 unspecified atom stereocenters. The van der Waals surface area contributed by atoms with E-state index in [2.05, 4.69) is 48.1 Å². The molecule has 5 amide bonds. The third-order valence-corrected chi connectivity index (χ3v) is 9.89. The van der Waals surface area contributed by atoms with Gasteiger partial charge in [-0.05, 0) is 36.5 Å². The summed E-state index contributed by atoms with van der Waals surface area (Å²) in [5, 5.41) is 12.1. The molecule has 16 nitrogen and oxygen atoms in total. The van der Waals surface area contributed by atoms with Gasteiger partial charge in [-0.2, -0.15) is 0 Å². The largest absolute Gasteiger partial charge is 0.370 e. The lowest BCUT2D eigenvalue weighted by Gasteiger charge is -2.26. The average molecular weight is 798 g/mol. The summed E-state index contributed by atoms with van der Waals surface area (Å²) < 4.78 is 0. The number of primary amides is 1. The van der Waals surface area contributed by atoms with Gasteiger partial charge in [-0.25, -0.2) is 4.98 Å². The molecule has 4 rings (SSSR count). The number of amides is 5. The molecule has 0 bridgehead atoms. The minimum atomic E-state index is -1.16. The zero-order valence-electron chi connectivity index (χ0n) is 33.3. The number of para-hydroxylation sites is 1. The lowest BCUT2D eigenvalue weighted by Crippen LogP contribution is -2.59. The second kappa shape index (κ2) is 23.8. The van der Waals surface area contributed by atoms with Crippen LogP contribution in [0.5, 0.6) is 0 Å². The third-order valence-electron chi connectivity index (χ3n) is 9.89. The first-order chi connectivity index (χ1) is 28.0. The zero-order chi connectivity index (χ0) is 41.7. The molecule has 2 aromatic heterocycles. The first-order valence-corrected chi connectivity index (χ1v) is 20.1. The number of unbranched alkanes of at least 4 members (excludes halogenated alkanes) is 6. The topological polar surface area (TPSA) is 268 Å². The second-order valence-electron chi connectivity index (χ2n) is 14.6. The molecule has 312 valence electrons. The van der Waals surface area contributed by atoms with E-state index in [0.29, 0.717) is 18.5 Å². The molecule has 0 saturated heterocycles. The van der Waals surface area contributed by atoms with Gasteiger partial charge in [0.05, 0.1) is 6.33 Å². The van der Waals surface area contributed by atoms with Gasteiger partial charge in [-0.15, -0.1) is 0 Å². The fraction of sp³-hybridized carbons (Fsp3) is 0.452. The van der Waals surface area contributed by atoms with Crippen LogP contribution >= 0.6 is 0 Å². The van der Waals surface area contributed by atoms with Crippen LogP contribution < -0.4 is 38.5 Å². The van der Waals surface area contributed by atoms with Crippen LogP contribution in [0.1, 0.15) is 88.0 Å². The fourth-order valence-electron chi connectivity index (χ4n) is 6.73. The van der Waals surface area contributed by atoms with E-state index in [-0.39, 0.29) is 50.5 Å². The van der Waals surface area contributed by atoms with Gasteiger partial charge in [0.25, 0.3) is 0 Å². The average Bonchev–Trinajstić information content (AvgIpc) is 3.88. The van der Waals surface area contributed by atoms with Crippen molar-refractivity contribution < 1.29 is 24.0 Å². The van der Waals surface area contributed by atoms with E-state index in [1.165, 1.54) is 19.2 Å². The molecule has 0 radical (unpaired) electrons. The maximum absolute atomic E-state index is 14.2. The van der Waals surface area contributed by atoms with Crippen LogP contribution in [0.4, 0.5) is 0 Å². The van der Waals surface area contributed by atoms with Crippen molar-refractivity contribution in [1.82, 2.24) is 36.2 Å². The van der Waals surface area contributed by atoms with Gasteiger partial charge in [-0.1, -0.05) is 94.0 Å². The molecule has 0 spiro atoms. The van der Waals surface area contributed by atoms with Gasteiger partial charge >= 0.3 is 0 Å². The molecule has 0 aliphatic heterocycles. The minimum Gasteiger partial charge on any atom is -0.370 e. The molecule has 0 saturated carbocycles. The van der Waals surface area contributed by atoms with Gasteiger partial charge in [0.15, 0.2) is 5.96 Å². The van der Waals surface area contributed by atoms with Crippen molar-refractivity contribution >= 4 is 46.4 Å². The highest BCUT2D eigenvalue weighted by Crippen LogP contribution is 2.19. The number of nitrogens with two attached hydrogens (primary N) is 3. The van der Waals surface area contributed by atoms with Crippen LogP contribution in [-0.2, 0) is 43.2 Å². The molecule has 4 aromatic rings. The summed E-state index contributed by atoms with van der Waals surface area (Å²) in [5.74, 6) is -3.04. The molecule has 4 atom stereocenters. The Morgan fingerprint density at radius 3 is 2.02 bits per heavy atom. The Kier molecular flexibility index (Phi) is 18.3. The number of H-pyrrole nitrogens is 2. The molecule has 12 N–H and O–H groups in total. The first-order valence-electron chi connectivity index (χ1n) is 20.1. The van der Waals surface area contributed by atoms with Crippen LogP contribution in [0, 0.1) is 0 Å². The smallest absolute Gasteiger partial charge is 0.243 e. The third kappa shape index (κ3) is 15.0. The normalized spacial score (nSPS) is 13.1. The predicted molar refractivity (Wildman–Crippen MR) is 224 cm³/mol. The van der Waals surface area contributed by atoms with Gasteiger partial charge in [0, 0.05) is 61.2 Å². The number of benzene rings is 2. The van der Waals surface area contributed by atoms with E-state index >= 15 is 0 Å². The Bertz CT molecular complexity index is 1930. The monoisotopic (exact) mass is 797 g/mol. The summed E-state index contributed by atoms with van der Waals surface area (Å²) in [6.07, 6.45) is 13.1.